The number of carbonyl (C=O) groups is 1. The Labute approximate surface area is 150 Å². The Kier molecular flexibility index (Phi) is 6.11. The maximum absolute atomic E-state index is 10.7. The van der Waals surface area contributed by atoms with Gasteiger partial charge in [-0.2, -0.15) is 5.10 Å². The van der Waals surface area contributed by atoms with Gasteiger partial charge in [0.05, 0.1) is 5.71 Å². The molecule has 0 aromatic heterocycles. The molecular weight excluding hydrogens is 346 g/mol. The molecule has 8 heteroatoms. The second-order valence-corrected chi connectivity index (χ2v) is 5.68. The van der Waals surface area contributed by atoms with Gasteiger partial charge in [-0.1, -0.05) is 23.7 Å². The fourth-order valence-corrected chi connectivity index (χ4v) is 2.21. The third kappa shape index (κ3) is 5.53. The van der Waals surface area contributed by atoms with Crippen LogP contribution in [0.1, 0.15) is 12.5 Å². The van der Waals surface area contributed by atoms with Crippen LogP contribution in [0.3, 0.4) is 0 Å². The first-order valence-electron chi connectivity index (χ1n) is 6.98. The fraction of sp³-hybridized carbons (Fsp3) is 0.0625. The lowest BCUT2D eigenvalue weighted by atomic mass is 10.1. The molecule has 2 rings (SSSR count). The number of primary amides is 1. The number of carbonyl (C=O) groups excluding carboxylic acids is 1. The van der Waals surface area contributed by atoms with Crippen LogP contribution in [0.5, 0.6) is 0 Å². The molecule has 0 aliphatic heterocycles. The van der Waals surface area contributed by atoms with Gasteiger partial charge >= 0.3 is 6.03 Å². The maximum Gasteiger partial charge on any atom is 0.332 e. The van der Waals surface area contributed by atoms with Crippen molar-refractivity contribution in [2.24, 2.45) is 10.8 Å². The summed E-state index contributed by atoms with van der Waals surface area (Å²) in [4.78, 5) is 10.7. The van der Waals surface area contributed by atoms with E-state index in [2.05, 4.69) is 21.2 Å². The van der Waals surface area contributed by atoms with Crippen LogP contribution in [-0.4, -0.2) is 16.9 Å². The molecule has 6 nitrogen and oxygen atoms in total. The van der Waals surface area contributed by atoms with E-state index in [1.165, 1.54) is 0 Å². The Balaban J connectivity index is 2.03. The predicted molar refractivity (Wildman–Crippen MR) is 103 cm³/mol. The summed E-state index contributed by atoms with van der Waals surface area (Å²) >= 11 is 11.1. The molecule has 0 heterocycles. The number of nitrogens with one attached hydrogen (secondary N) is 3. The van der Waals surface area contributed by atoms with E-state index in [4.69, 9.17) is 29.6 Å². The number of nitrogens with two attached hydrogens (primary N) is 1. The molecule has 0 atom stereocenters. The molecule has 0 aliphatic carbocycles. The van der Waals surface area contributed by atoms with Crippen molar-refractivity contribution in [2.45, 2.75) is 6.92 Å². The molecule has 2 aromatic carbocycles. The summed E-state index contributed by atoms with van der Waals surface area (Å²) in [7, 11) is 0. The third-order valence-corrected chi connectivity index (χ3v) is 3.43. The fourth-order valence-electron chi connectivity index (χ4n) is 1.85. The summed E-state index contributed by atoms with van der Waals surface area (Å²) in [5.41, 5.74) is 10.2. The lowest BCUT2D eigenvalue weighted by Gasteiger charge is -2.11. The first kappa shape index (κ1) is 17.7. The van der Waals surface area contributed by atoms with Crippen LogP contribution < -0.4 is 21.8 Å². The first-order chi connectivity index (χ1) is 11.4. The lowest BCUT2D eigenvalue weighted by Crippen LogP contribution is -2.25. The van der Waals surface area contributed by atoms with Crippen molar-refractivity contribution in [3.05, 3.63) is 59.1 Å². The summed E-state index contributed by atoms with van der Waals surface area (Å²) in [6.45, 7) is 1.76. The SMILES string of the molecule is C/C(=N\NC(N)=O)c1cccc(NC(=S)Nc2ccc(Cl)cc2)c1. The third-order valence-electron chi connectivity index (χ3n) is 2.97. The average Bonchev–Trinajstić information content (AvgIpc) is 2.55. The Bertz CT molecular complexity index is 776. The molecule has 0 bridgehead atoms. The van der Waals surface area contributed by atoms with Gasteiger partial charge in [0.25, 0.3) is 0 Å². The Hall–Kier alpha value is -2.64. The molecule has 0 unspecified atom stereocenters. The van der Waals surface area contributed by atoms with Gasteiger partial charge in [0.1, 0.15) is 0 Å². The van der Waals surface area contributed by atoms with Crippen LogP contribution in [0.25, 0.3) is 0 Å². The van der Waals surface area contributed by atoms with Crippen LogP contribution in [0.2, 0.25) is 5.02 Å². The zero-order valence-corrected chi connectivity index (χ0v) is 14.4. The summed E-state index contributed by atoms with van der Waals surface area (Å²) in [5.74, 6) is 0. The molecule has 0 spiro atoms. The standard InChI is InChI=1S/C16H16ClN5OS/c1-10(21-22-15(18)23)11-3-2-4-14(9-11)20-16(24)19-13-7-5-12(17)6-8-13/h2-9H,1H3,(H3,18,22,23)(H2,19,20,24)/b21-10+. The molecule has 0 saturated heterocycles. The number of thiocarbonyl (C=S) groups is 1. The van der Waals surface area contributed by atoms with Crippen LogP contribution in [0.15, 0.2) is 53.6 Å². The number of nitrogens with zero attached hydrogens (tertiary/aromatic N) is 1. The highest BCUT2D eigenvalue weighted by molar-refractivity contribution is 7.80. The summed E-state index contributed by atoms with van der Waals surface area (Å²) in [6.07, 6.45) is 0. The van der Waals surface area contributed by atoms with Crippen molar-refractivity contribution in [2.75, 3.05) is 10.6 Å². The number of benzene rings is 2. The number of halogens is 1. The molecule has 5 N–H and O–H groups in total. The van der Waals surface area contributed by atoms with E-state index in [9.17, 15) is 4.79 Å². The van der Waals surface area contributed by atoms with Crippen LogP contribution in [0, 0.1) is 0 Å². The molecular formula is C16H16ClN5OS. The van der Waals surface area contributed by atoms with Crippen LogP contribution >= 0.6 is 23.8 Å². The monoisotopic (exact) mass is 361 g/mol. The topological polar surface area (TPSA) is 91.5 Å². The smallest absolute Gasteiger partial charge is 0.332 e. The van der Waals surface area contributed by atoms with Gasteiger partial charge in [-0.15, -0.1) is 0 Å². The quantitative estimate of drug-likeness (QED) is 0.381. The van der Waals surface area contributed by atoms with E-state index in [1.54, 1.807) is 19.1 Å². The molecule has 24 heavy (non-hydrogen) atoms. The number of anilines is 2. The van der Waals surface area contributed by atoms with E-state index in [0.29, 0.717) is 15.8 Å². The van der Waals surface area contributed by atoms with Crippen molar-refractivity contribution in [3.63, 3.8) is 0 Å². The lowest BCUT2D eigenvalue weighted by molar-refractivity contribution is 0.249. The van der Waals surface area contributed by atoms with Gasteiger partial charge < -0.3 is 16.4 Å². The van der Waals surface area contributed by atoms with Crippen molar-refractivity contribution >= 4 is 52.0 Å². The Morgan fingerprint density at radius 1 is 1.12 bits per heavy atom. The number of rotatable bonds is 4. The minimum Gasteiger partial charge on any atom is -0.350 e. The van der Waals surface area contributed by atoms with E-state index in [-0.39, 0.29) is 0 Å². The second-order valence-electron chi connectivity index (χ2n) is 4.84. The molecule has 0 saturated carbocycles. The zero-order valence-electron chi connectivity index (χ0n) is 12.8. The van der Waals surface area contributed by atoms with E-state index in [1.807, 2.05) is 36.4 Å². The number of amides is 2. The number of urea groups is 1. The van der Waals surface area contributed by atoms with Crippen molar-refractivity contribution in [1.82, 2.24) is 5.43 Å². The van der Waals surface area contributed by atoms with Crippen LogP contribution in [-0.2, 0) is 0 Å². The highest BCUT2D eigenvalue weighted by Crippen LogP contribution is 2.15. The largest absolute Gasteiger partial charge is 0.350 e. The molecule has 0 aliphatic rings. The van der Waals surface area contributed by atoms with Gasteiger partial charge in [-0.25, -0.2) is 10.2 Å². The number of hydrogen-bond donors (Lipinski definition) is 4. The minimum absolute atomic E-state index is 0.444. The highest BCUT2D eigenvalue weighted by atomic mass is 35.5. The van der Waals surface area contributed by atoms with Crippen molar-refractivity contribution in [3.8, 4) is 0 Å². The molecule has 2 aromatic rings. The zero-order chi connectivity index (χ0) is 17.5. The van der Waals surface area contributed by atoms with Gasteiger partial charge in [-0.3, -0.25) is 0 Å². The maximum atomic E-state index is 10.7. The number of hydrogen-bond acceptors (Lipinski definition) is 3. The molecule has 0 radical (unpaired) electrons. The summed E-state index contributed by atoms with van der Waals surface area (Å²) in [5, 5.41) is 11.1. The van der Waals surface area contributed by atoms with Gasteiger partial charge in [0.15, 0.2) is 5.11 Å². The van der Waals surface area contributed by atoms with Gasteiger partial charge in [-0.05, 0) is 61.1 Å². The Morgan fingerprint density at radius 2 is 1.79 bits per heavy atom. The number of hydrazone groups is 1. The highest BCUT2D eigenvalue weighted by Gasteiger charge is 2.03. The molecule has 124 valence electrons. The Morgan fingerprint density at radius 3 is 2.46 bits per heavy atom. The first-order valence-corrected chi connectivity index (χ1v) is 7.76. The van der Waals surface area contributed by atoms with Gasteiger partial charge in [0, 0.05) is 16.4 Å². The normalized spacial score (nSPS) is 10.8. The van der Waals surface area contributed by atoms with Crippen LogP contribution in [0.4, 0.5) is 16.2 Å². The summed E-state index contributed by atoms with van der Waals surface area (Å²) < 4.78 is 0. The predicted octanol–water partition coefficient (Wildman–Crippen LogP) is 3.54. The van der Waals surface area contributed by atoms with E-state index >= 15 is 0 Å². The molecule has 2 amide bonds. The van der Waals surface area contributed by atoms with Gasteiger partial charge in [0.2, 0.25) is 0 Å². The van der Waals surface area contributed by atoms with Crippen molar-refractivity contribution < 1.29 is 4.79 Å². The minimum atomic E-state index is -0.711. The second kappa shape index (κ2) is 8.28. The average molecular weight is 362 g/mol. The molecule has 0 fully saturated rings. The van der Waals surface area contributed by atoms with E-state index < -0.39 is 6.03 Å². The summed E-state index contributed by atoms with van der Waals surface area (Å²) in [6, 6.07) is 14.0. The van der Waals surface area contributed by atoms with Crippen molar-refractivity contribution in [1.29, 1.82) is 0 Å². The van der Waals surface area contributed by atoms with E-state index in [0.717, 1.165) is 16.9 Å².